The van der Waals surface area contributed by atoms with Gasteiger partial charge in [0.05, 0.1) is 6.61 Å². The fraction of sp³-hybridized carbons (Fsp3) is 0.400. The monoisotopic (exact) mass is 288 g/mol. The van der Waals surface area contributed by atoms with Crippen LogP contribution in [-0.4, -0.2) is 27.1 Å². The van der Waals surface area contributed by atoms with Crippen LogP contribution in [0.15, 0.2) is 24.5 Å². The zero-order chi connectivity index (χ0) is 15.2. The average molecular weight is 288 g/mol. The minimum Gasteiger partial charge on any atom is -0.461 e. The Balaban J connectivity index is 2.20. The minimum absolute atomic E-state index is 0.208. The molecule has 2 aromatic heterocycles. The number of pyridine rings is 1. The van der Waals surface area contributed by atoms with Gasteiger partial charge in [-0.15, -0.1) is 0 Å². The Labute approximate surface area is 124 Å². The van der Waals surface area contributed by atoms with Gasteiger partial charge in [0.1, 0.15) is 11.6 Å². The van der Waals surface area contributed by atoms with E-state index in [1.165, 1.54) is 0 Å². The van der Waals surface area contributed by atoms with E-state index in [1.807, 2.05) is 29.8 Å². The maximum absolute atomic E-state index is 11.8. The molecule has 0 saturated carbocycles. The SMILES string of the molecule is CCOC(=O)c1nc(CC)n(CCc2cccnc2)c1N. The van der Waals surface area contributed by atoms with Gasteiger partial charge in [-0.25, -0.2) is 9.78 Å². The molecule has 0 unspecified atom stereocenters. The van der Waals surface area contributed by atoms with Gasteiger partial charge in [0, 0.05) is 25.4 Å². The molecule has 0 saturated heterocycles. The molecule has 0 aliphatic heterocycles. The van der Waals surface area contributed by atoms with E-state index in [2.05, 4.69) is 9.97 Å². The second-order valence-electron chi connectivity index (χ2n) is 4.60. The van der Waals surface area contributed by atoms with E-state index in [-0.39, 0.29) is 5.69 Å². The van der Waals surface area contributed by atoms with Crippen LogP contribution in [0.5, 0.6) is 0 Å². The molecule has 2 aromatic rings. The van der Waals surface area contributed by atoms with Gasteiger partial charge in [-0.3, -0.25) is 4.98 Å². The molecule has 0 aliphatic rings. The highest BCUT2D eigenvalue weighted by Crippen LogP contribution is 2.17. The Morgan fingerprint density at radius 2 is 2.24 bits per heavy atom. The van der Waals surface area contributed by atoms with Crippen LogP contribution in [-0.2, 0) is 24.1 Å². The van der Waals surface area contributed by atoms with Crippen molar-refractivity contribution in [2.75, 3.05) is 12.3 Å². The van der Waals surface area contributed by atoms with Crippen molar-refractivity contribution in [3.05, 3.63) is 41.6 Å². The molecule has 2 N–H and O–H groups in total. The molecule has 21 heavy (non-hydrogen) atoms. The van der Waals surface area contributed by atoms with Crippen LogP contribution < -0.4 is 5.73 Å². The first-order valence-electron chi connectivity index (χ1n) is 7.08. The number of hydrogen-bond donors (Lipinski definition) is 1. The summed E-state index contributed by atoms with van der Waals surface area (Å²) in [5, 5.41) is 0. The maximum atomic E-state index is 11.8. The predicted molar refractivity (Wildman–Crippen MR) is 79.9 cm³/mol. The highest BCUT2D eigenvalue weighted by Gasteiger charge is 2.20. The Bertz CT molecular complexity index is 608. The molecule has 0 bridgehead atoms. The third kappa shape index (κ3) is 3.39. The van der Waals surface area contributed by atoms with Crippen molar-refractivity contribution in [1.82, 2.24) is 14.5 Å². The number of esters is 1. The maximum Gasteiger partial charge on any atom is 0.360 e. The van der Waals surface area contributed by atoms with Gasteiger partial charge in [0.2, 0.25) is 0 Å². The Morgan fingerprint density at radius 1 is 1.43 bits per heavy atom. The standard InChI is InChI=1S/C15H20N4O2/c1-3-12-18-13(15(20)21-4-2)14(16)19(12)9-7-11-6-5-8-17-10-11/h5-6,8,10H,3-4,7,9,16H2,1-2H3. The highest BCUT2D eigenvalue weighted by atomic mass is 16.5. The fourth-order valence-corrected chi connectivity index (χ4v) is 2.17. The number of nitrogens with zero attached hydrogens (tertiary/aromatic N) is 3. The summed E-state index contributed by atoms with van der Waals surface area (Å²) in [6, 6.07) is 3.91. The third-order valence-corrected chi connectivity index (χ3v) is 3.22. The molecule has 0 spiro atoms. The molecular weight excluding hydrogens is 268 g/mol. The number of nitrogen functional groups attached to an aromatic ring is 1. The van der Waals surface area contributed by atoms with Crippen LogP contribution >= 0.6 is 0 Å². The zero-order valence-electron chi connectivity index (χ0n) is 12.4. The lowest BCUT2D eigenvalue weighted by Gasteiger charge is -2.08. The van der Waals surface area contributed by atoms with E-state index < -0.39 is 5.97 Å². The fourth-order valence-electron chi connectivity index (χ4n) is 2.17. The number of rotatable bonds is 6. The van der Waals surface area contributed by atoms with Crippen molar-refractivity contribution in [3.8, 4) is 0 Å². The lowest BCUT2D eigenvalue weighted by molar-refractivity contribution is 0.0521. The van der Waals surface area contributed by atoms with Gasteiger partial charge >= 0.3 is 5.97 Å². The Kier molecular flexibility index (Phi) is 4.92. The van der Waals surface area contributed by atoms with Gasteiger partial charge in [-0.1, -0.05) is 13.0 Å². The van der Waals surface area contributed by atoms with Crippen LogP contribution in [0.2, 0.25) is 0 Å². The molecule has 6 heteroatoms. The molecule has 112 valence electrons. The van der Waals surface area contributed by atoms with Gasteiger partial charge in [-0.2, -0.15) is 0 Å². The summed E-state index contributed by atoms with van der Waals surface area (Å²) in [4.78, 5) is 20.2. The largest absolute Gasteiger partial charge is 0.461 e. The van der Waals surface area contributed by atoms with Crippen LogP contribution in [0.1, 0.15) is 35.7 Å². The smallest absolute Gasteiger partial charge is 0.360 e. The topological polar surface area (TPSA) is 83.0 Å². The van der Waals surface area contributed by atoms with Crippen molar-refractivity contribution in [1.29, 1.82) is 0 Å². The van der Waals surface area contributed by atoms with Crippen molar-refractivity contribution >= 4 is 11.8 Å². The molecule has 0 aromatic carbocycles. The Morgan fingerprint density at radius 3 is 2.86 bits per heavy atom. The molecule has 2 heterocycles. The first kappa shape index (κ1) is 15.0. The van der Waals surface area contributed by atoms with E-state index in [9.17, 15) is 4.79 Å². The quantitative estimate of drug-likeness (QED) is 0.820. The number of imidazole rings is 1. The third-order valence-electron chi connectivity index (χ3n) is 3.22. The molecule has 0 radical (unpaired) electrons. The molecule has 0 fully saturated rings. The van der Waals surface area contributed by atoms with Crippen molar-refractivity contribution in [3.63, 3.8) is 0 Å². The van der Waals surface area contributed by atoms with Crippen molar-refractivity contribution in [2.24, 2.45) is 0 Å². The summed E-state index contributed by atoms with van der Waals surface area (Å²) in [6.07, 6.45) is 5.05. The zero-order valence-corrected chi connectivity index (χ0v) is 12.4. The lowest BCUT2D eigenvalue weighted by atomic mass is 10.2. The summed E-state index contributed by atoms with van der Waals surface area (Å²) < 4.78 is 6.85. The van der Waals surface area contributed by atoms with E-state index in [1.54, 1.807) is 13.1 Å². The molecule has 0 atom stereocenters. The minimum atomic E-state index is -0.468. The van der Waals surface area contributed by atoms with Crippen LogP contribution in [0.3, 0.4) is 0 Å². The van der Waals surface area contributed by atoms with E-state index >= 15 is 0 Å². The molecule has 0 aliphatic carbocycles. The lowest BCUT2D eigenvalue weighted by Crippen LogP contribution is -2.11. The number of anilines is 1. The van der Waals surface area contributed by atoms with Gasteiger partial charge < -0.3 is 15.0 Å². The number of hydrogen-bond acceptors (Lipinski definition) is 5. The van der Waals surface area contributed by atoms with Crippen LogP contribution in [0.4, 0.5) is 5.82 Å². The van der Waals surface area contributed by atoms with Crippen LogP contribution in [0.25, 0.3) is 0 Å². The number of carbonyl (C=O) groups is 1. The number of nitrogens with two attached hydrogens (primary N) is 1. The first-order chi connectivity index (χ1) is 10.2. The second-order valence-corrected chi connectivity index (χ2v) is 4.60. The normalized spacial score (nSPS) is 10.6. The molecule has 0 amide bonds. The summed E-state index contributed by atoms with van der Waals surface area (Å²) in [7, 11) is 0. The predicted octanol–water partition coefficient (Wildman–Crippen LogP) is 1.84. The van der Waals surface area contributed by atoms with Crippen molar-refractivity contribution in [2.45, 2.75) is 33.2 Å². The number of carbonyl (C=O) groups excluding carboxylic acids is 1. The number of aryl methyl sites for hydroxylation is 2. The number of ether oxygens (including phenoxy) is 1. The molecular formula is C15H20N4O2. The van der Waals surface area contributed by atoms with Crippen LogP contribution in [0, 0.1) is 0 Å². The van der Waals surface area contributed by atoms with E-state index in [0.29, 0.717) is 25.4 Å². The van der Waals surface area contributed by atoms with Crippen molar-refractivity contribution < 1.29 is 9.53 Å². The van der Waals surface area contributed by atoms with Gasteiger partial charge in [0.15, 0.2) is 5.69 Å². The number of aromatic nitrogens is 3. The molecule has 2 rings (SSSR count). The highest BCUT2D eigenvalue weighted by molar-refractivity contribution is 5.92. The Hall–Kier alpha value is -2.37. The van der Waals surface area contributed by atoms with Gasteiger partial charge in [-0.05, 0) is 25.0 Å². The summed E-state index contributed by atoms with van der Waals surface area (Å²) in [6.45, 7) is 4.71. The second kappa shape index (κ2) is 6.88. The van der Waals surface area contributed by atoms with E-state index in [0.717, 1.165) is 17.8 Å². The van der Waals surface area contributed by atoms with E-state index in [4.69, 9.17) is 10.5 Å². The first-order valence-corrected chi connectivity index (χ1v) is 7.08. The van der Waals surface area contributed by atoms with Gasteiger partial charge in [0.25, 0.3) is 0 Å². The average Bonchev–Trinajstić information content (AvgIpc) is 2.83. The molecule has 6 nitrogen and oxygen atoms in total. The summed E-state index contributed by atoms with van der Waals surface area (Å²) >= 11 is 0. The summed E-state index contributed by atoms with van der Waals surface area (Å²) in [5.41, 5.74) is 7.38. The summed E-state index contributed by atoms with van der Waals surface area (Å²) in [5.74, 6) is 0.693.